The molecule has 1 heterocycles. The molecule has 0 aliphatic carbocycles. The van der Waals surface area contributed by atoms with Gasteiger partial charge in [0.25, 0.3) is 0 Å². The van der Waals surface area contributed by atoms with Crippen molar-refractivity contribution in [3.8, 4) is 0 Å². The van der Waals surface area contributed by atoms with Crippen LogP contribution in [0.25, 0.3) is 0 Å². The summed E-state index contributed by atoms with van der Waals surface area (Å²) in [5.41, 5.74) is 8.27. The fraction of sp³-hybridized carbons (Fsp3) is 0.562. The number of hydrogen-bond acceptors (Lipinski definition) is 4. The molecule has 2 rings (SSSR count). The monoisotopic (exact) mass is 291 g/mol. The molecule has 1 unspecified atom stereocenters. The standard InChI is InChI=1S/C16H25N3O2/c1-12-11-19(9-10-21-12)8-4-7-16(20)18-15-6-3-5-14(17)13(15)2/h3,5-6,12H,4,7-11,17H2,1-2H3,(H,18,20). The summed E-state index contributed by atoms with van der Waals surface area (Å²) in [6.45, 7) is 7.64. The molecule has 1 atom stereocenters. The molecule has 1 amide bonds. The van der Waals surface area contributed by atoms with Crippen molar-refractivity contribution in [1.82, 2.24) is 4.90 Å². The number of amides is 1. The Morgan fingerprint density at radius 2 is 2.33 bits per heavy atom. The number of carbonyl (C=O) groups excluding carboxylic acids is 1. The highest BCUT2D eigenvalue weighted by molar-refractivity contribution is 5.92. The first-order chi connectivity index (χ1) is 10.1. The Balaban J connectivity index is 1.73. The van der Waals surface area contributed by atoms with Crippen LogP contribution >= 0.6 is 0 Å². The lowest BCUT2D eigenvalue weighted by Crippen LogP contribution is -2.41. The van der Waals surface area contributed by atoms with Crippen molar-refractivity contribution < 1.29 is 9.53 Å². The maximum atomic E-state index is 12.0. The third kappa shape index (κ3) is 4.72. The van der Waals surface area contributed by atoms with Crippen molar-refractivity contribution in [2.24, 2.45) is 0 Å². The van der Waals surface area contributed by atoms with Crippen LogP contribution in [-0.2, 0) is 9.53 Å². The number of rotatable bonds is 5. The molecular weight excluding hydrogens is 266 g/mol. The summed E-state index contributed by atoms with van der Waals surface area (Å²) in [6.07, 6.45) is 1.68. The van der Waals surface area contributed by atoms with E-state index in [4.69, 9.17) is 10.5 Å². The molecule has 1 saturated heterocycles. The molecule has 0 aromatic heterocycles. The maximum Gasteiger partial charge on any atom is 0.224 e. The number of nitrogen functional groups attached to an aromatic ring is 1. The Morgan fingerprint density at radius 3 is 3.10 bits per heavy atom. The van der Waals surface area contributed by atoms with Crippen LogP contribution in [0.2, 0.25) is 0 Å². The first kappa shape index (κ1) is 15.8. The number of hydrogen-bond donors (Lipinski definition) is 2. The van der Waals surface area contributed by atoms with E-state index in [1.54, 1.807) is 0 Å². The summed E-state index contributed by atoms with van der Waals surface area (Å²) in [5, 5.41) is 2.94. The Morgan fingerprint density at radius 1 is 1.52 bits per heavy atom. The molecule has 0 bridgehead atoms. The predicted molar refractivity (Wildman–Crippen MR) is 85.3 cm³/mol. The number of nitrogens with one attached hydrogen (secondary N) is 1. The summed E-state index contributed by atoms with van der Waals surface area (Å²) < 4.78 is 5.51. The van der Waals surface area contributed by atoms with Crippen LogP contribution in [0, 0.1) is 6.92 Å². The number of ether oxygens (including phenoxy) is 1. The van der Waals surface area contributed by atoms with Gasteiger partial charge in [-0.1, -0.05) is 6.07 Å². The van der Waals surface area contributed by atoms with Gasteiger partial charge >= 0.3 is 0 Å². The van der Waals surface area contributed by atoms with Gasteiger partial charge in [-0.3, -0.25) is 9.69 Å². The molecule has 1 fully saturated rings. The molecule has 1 aromatic carbocycles. The Hall–Kier alpha value is -1.59. The molecule has 21 heavy (non-hydrogen) atoms. The summed E-state index contributed by atoms with van der Waals surface area (Å²) in [7, 11) is 0. The lowest BCUT2D eigenvalue weighted by Gasteiger charge is -2.30. The van der Waals surface area contributed by atoms with E-state index in [0.29, 0.717) is 18.2 Å². The van der Waals surface area contributed by atoms with E-state index in [1.165, 1.54) is 0 Å². The van der Waals surface area contributed by atoms with Crippen molar-refractivity contribution in [2.75, 3.05) is 37.3 Å². The predicted octanol–water partition coefficient (Wildman–Crippen LogP) is 2.02. The normalized spacial score (nSPS) is 19.4. The van der Waals surface area contributed by atoms with E-state index in [1.807, 2.05) is 25.1 Å². The van der Waals surface area contributed by atoms with E-state index >= 15 is 0 Å². The van der Waals surface area contributed by atoms with E-state index in [9.17, 15) is 4.79 Å². The SMILES string of the molecule is Cc1c(N)cccc1NC(=O)CCCN1CCOC(C)C1. The van der Waals surface area contributed by atoms with Crippen molar-refractivity contribution >= 4 is 17.3 Å². The largest absolute Gasteiger partial charge is 0.398 e. The average molecular weight is 291 g/mol. The van der Waals surface area contributed by atoms with Gasteiger partial charge in [0.15, 0.2) is 0 Å². The number of anilines is 2. The highest BCUT2D eigenvalue weighted by atomic mass is 16.5. The van der Waals surface area contributed by atoms with Gasteiger partial charge < -0.3 is 15.8 Å². The van der Waals surface area contributed by atoms with Crippen LogP contribution in [0.3, 0.4) is 0 Å². The lowest BCUT2D eigenvalue weighted by molar-refractivity contribution is -0.116. The summed E-state index contributed by atoms with van der Waals surface area (Å²) in [5.74, 6) is 0.0463. The van der Waals surface area contributed by atoms with E-state index in [2.05, 4.69) is 17.1 Å². The van der Waals surface area contributed by atoms with Crippen LogP contribution in [0.5, 0.6) is 0 Å². The fourth-order valence-corrected chi connectivity index (χ4v) is 2.56. The van der Waals surface area contributed by atoms with Crippen molar-refractivity contribution in [3.63, 3.8) is 0 Å². The molecule has 0 spiro atoms. The molecule has 5 heteroatoms. The van der Waals surface area contributed by atoms with Gasteiger partial charge in [0.2, 0.25) is 5.91 Å². The summed E-state index contributed by atoms with van der Waals surface area (Å²) in [6, 6.07) is 5.57. The molecule has 0 saturated carbocycles. The van der Waals surface area contributed by atoms with Crippen LogP contribution in [0.1, 0.15) is 25.3 Å². The molecule has 1 aliphatic rings. The third-order valence-corrected chi connectivity index (χ3v) is 3.85. The average Bonchev–Trinajstić information content (AvgIpc) is 2.44. The number of nitrogens with zero attached hydrogens (tertiary/aromatic N) is 1. The van der Waals surface area contributed by atoms with Gasteiger partial charge in [-0.25, -0.2) is 0 Å². The lowest BCUT2D eigenvalue weighted by atomic mass is 10.1. The second kappa shape index (κ2) is 7.43. The van der Waals surface area contributed by atoms with Gasteiger partial charge in [0.05, 0.1) is 12.7 Å². The zero-order valence-electron chi connectivity index (χ0n) is 12.9. The molecule has 1 aromatic rings. The molecule has 3 N–H and O–H groups in total. The molecule has 0 radical (unpaired) electrons. The quantitative estimate of drug-likeness (QED) is 0.814. The van der Waals surface area contributed by atoms with Crippen LogP contribution in [0.15, 0.2) is 18.2 Å². The number of nitrogens with two attached hydrogens (primary N) is 1. The minimum absolute atomic E-state index is 0.0463. The van der Waals surface area contributed by atoms with E-state index in [0.717, 1.165) is 43.9 Å². The topological polar surface area (TPSA) is 67.6 Å². The van der Waals surface area contributed by atoms with Crippen molar-refractivity contribution in [2.45, 2.75) is 32.8 Å². The fourth-order valence-electron chi connectivity index (χ4n) is 2.56. The van der Waals surface area contributed by atoms with Gasteiger partial charge in [0.1, 0.15) is 0 Å². The van der Waals surface area contributed by atoms with Gasteiger partial charge in [0, 0.05) is 30.9 Å². The number of carbonyl (C=O) groups is 1. The zero-order chi connectivity index (χ0) is 15.2. The number of benzene rings is 1. The highest BCUT2D eigenvalue weighted by Crippen LogP contribution is 2.20. The van der Waals surface area contributed by atoms with Crippen LogP contribution in [0.4, 0.5) is 11.4 Å². The highest BCUT2D eigenvalue weighted by Gasteiger charge is 2.16. The molecule has 116 valence electrons. The van der Waals surface area contributed by atoms with Gasteiger partial charge in [-0.05, 0) is 44.5 Å². The third-order valence-electron chi connectivity index (χ3n) is 3.85. The molecule has 5 nitrogen and oxygen atoms in total. The Kier molecular flexibility index (Phi) is 5.59. The second-order valence-corrected chi connectivity index (χ2v) is 5.65. The second-order valence-electron chi connectivity index (χ2n) is 5.65. The van der Waals surface area contributed by atoms with Crippen molar-refractivity contribution in [1.29, 1.82) is 0 Å². The smallest absolute Gasteiger partial charge is 0.224 e. The van der Waals surface area contributed by atoms with Crippen LogP contribution < -0.4 is 11.1 Å². The summed E-state index contributed by atoms with van der Waals surface area (Å²) in [4.78, 5) is 14.3. The molecular formula is C16H25N3O2. The van der Waals surface area contributed by atoms with Gasteiger partial charge in [-0.2, -0.15) is 0 Å². The zero-order valence-corrected chi connectivity index (χ0v) is 12.9. The number of morpholine rings is 1. The first-order valence-corrected chi connectivity index (χ1v) is 7.55. The Labute approximate surface area is 126 Å². The van der Waals surface area contributed by atoms with Gasteiger partial charge in [-0.15, -0.1) is 0 Å². The van der Waals surface area contributed by atoms with E-state index < -0.39 is 0 Å². The summed E-state index contributed by atoms with van der Waals surface area (Å²) >= 11 is 0. The minimum atomic E-state index is 0.0463. The first-order valence-electron chi connectivity index (χ1n) is 7.55. The maximum absolute atomic E-state index is 12.0. The van der Waals surface area contributed by atoms with Crippen molar-refractivity contribution in [3.05, 3.63) is 23.8 Å². The molecule has 1 aliphatic heterocycles. The van der Waals surface area contributed by atoms with Crippen LogP contribution in [-0.4, -0.2) is 43.2 Å². The van der Waals surface area contributed by atoms with E-state index in [-0.39, 0.29) is 5.91 Å². The Bertz CT molecular complexity index is 490. The minimum Gasteiger partial charge on any atom is -0.398 e.